The van der Waals surface area contributed by atoms with Gasteiger partial charge in [0.2, 0.25) is 0 Å². The summed E-state index contributed by atoms with van der Waals surface area (Å²) in [6.07, 6.45) is -0.902. The Labute approximate surface area is 263 Å². The molecule has 6 atom stereocenters. The summed E-state index contributed by atoms with van der Waals surface area (Å²) in [5, 5.41) is 11.2. The summed E-state index contributed by atoms with van der Waals surface area (Å²) in [6, 6.07) is 6.50. The molecule has 0 bridgehead atoms. The van der Waals surface area contributed by atoms with Crippen molar-refractivity contribution in [3.8, 4) is 0 Å². The number of benzene rings is 1. The van der Waals surface area contributed by atoms with Gasteiger partial charge in [0.25, 0.3) is 10.1 Å². The average molecular weight is 659 g/mol. The number of ether oxygens (including phenoxy) is 2. The van der Waals surface area contributed by atoms with E-state index in [9.17, 15) is 13.5 Å². The molecule has 1 N–H and O–H groups in total. The summed E-state index contributed by atoms with van der Waals surface area (Å²) in [6.45, 7) is 28.6. The first-order valence-electron chi connectivity index (χ1n) is 15.6. The third-order valence-corrected chi connectivity index (χ3v) is 20.8. The first-order valence-corrected chi connectivity index (χ1v) is 22.9. The first kappa shape index (κ1) is 36.8. The van der Waals surface area contributed by atoms with E-state index in [0.717, 1.165) is 5.56 Å². The highest BCUT2D eigenvalue weighted by molar-refractivity contribution is 7.86. The van der Waals surface area contributed by atoms with Crippen molar-refractivity contribution < 1.29 is 36.0 Å². The van der Waals surface area contributed by atoms with Crippen molar-refractivity contribution in [2.45, 2.75) is 158 Å². The van der Waals surface area contributed by atoms with Crippen LogP contribution in [0.2, 0.25) is 36.3 Å². The van der Waals surface area contributed by atoms with Gasteiger partial charge in [-0.05, 0) is 75.6 Å². The average Bonchev–Trinajstić information content (AvgIpc) is 2.82. The fourth-order valence-electron chi connectivity index (χ4n) is 5.55. The monoisotopic (exact) mass is 658 g/mol. The number of aliphatic hydroxyl groups excluding tert-OH is 1. The Morgan fingerprint density at radius 3 is 2.07 bits per heavy atom. The van der Waals surface area contributed by atoms with Crippen molar-refractivity contribution in [3.05, 3.63) is 29.8 Å². The predicted octanol–water partition coefficient (Wildman–Crippen LogP) is 6.96. The molecule has 0 radical (unpaired) electrons. The molecule has 3 rings (SSSR count). The zero-order valence-corrected chi connectivity index (χ0v) is 31.7. The van der Waals surface area contributed by atoms with Gasteiger partial charge in [0.1, 0.15) is 6.10 Å². The van der Waals surface area contributed by atoms with Crippen molar-refractivity contribution in [2.75, 3.05) is 13.2 Å². The maximum Gasteiger partial charge on any atom is 0.297 e. The molecule has 0 amide bonds. The van der Waals surface area contributed by atoms with Crippen LogP contribution in [-0.4, -0.2) is 79.0 Å². The van der Waals surface area contributed by atoms with Gasteiger partial charge in [-0.3, -0.25) is 4.18 Å². The number of hydrogen-bond donors (Lipinski definition) is 1. The fourth-order valence-corrected chi connectivity index (χ4v) is 9.21. The summed E-state index contributed by atoms with van der Waals surface area (Å²) < 4.78 is 58.2. The Bertz CT molecular complexity index is 1210. The van der Waals surface area contributed by atoms with Gasteiger partial charge >= 0.3 is 0 Å². The standard InChI is InChI=1S/C32H58O8SSi2/c1-23-14-16-24(17-15-23)41(34,35)36-21-26-25(33)20-28-31(8,39-26)22-32(9,40-43(12,13)30(5,6)7)27(38-28)18-19-37-42(10,11)29(2,3)4/h14-17,25-28,33H,18-22H2,1-13H3/t25-,26+,27-,28+,31-,32+/m0/s1. The van der Waals surface area contributed by atoms with Crippen molar-refractivity contribution in [3.63, 3.8) is 0 Å². The van der Waals surface area contributed by atoms with Gasteiger partial charge in [-0.25, -0.2) is 0 Å². The Balaban J connectivity index is 1.82. The molecule has 43 heavy (non-hydrogen) atoms. The van der Waals surface area contributed by atoms with E-state index in [4.69, 9.17) is 22.5 Å². The molecule has 0 spiro atoms. The van der Waals surface area contributed by atoms with E-state index < -0.39 is 50.2 Å². The van der Waals surface area contributed by atoms with Crippen LogP contribution < -0.4 is 0 Å². The van der Waals surface area contributed by atoms with Crippen molar-refractivity contribution in [2.24, 2.45) is 0 Å². The van der Waals surface area contributed by atoms with Gasteiger partial charge in [-0.15, -0.1) is 0 Å². The van der Waals surface area contributed by atoms with Crippen LogP contribution in [0.3, 0.4) is 0 Å². The van der Waals surface area contributed by atoms with Crippen LogP contribution in [0.1, 0.15) is 80.2 Å². The Hall–Kier alpha value is -0.636. The van der Waals surface area contributed by atoms with Crippen LogP contribution >= 0.6 is 0 Å². The fraction of sp³-hybridized carbons (Fsp3) is 0.812. The van der Waals surface area contributed by atoms with Crippen LogP contribution in [0.15, 0.2) is 29.2 Å². The molecule has 2 fully saturated rings. The van der Waals surface area contributed by atoms with E-state index in [1.165, 1.54) is 12.1 Å². The minimum Gasteiger partial charge on any atom is -0.417 e. The van der Waals surface area contributed by atoms with Crippen molar-refractivity contribution in [1.82, 2.24) is 0 Å². The largest absolute Gasteiger partial charge is 0.417 e. The summed E-state index contributed by atoms with van der Waals surface area (Å²) in [5.41, 5.74) is -0.532. The Morgan fingerprint density at radius 2 is 1.53 bits per heavy atom. The molecule has 2 saturated heterocycles. The van der Waals surface area contributed by atoms with E-state index >= 15 is 0 Å². The normalized spacial score (nSPS) is 31.1. The third kappa shape index (κ3) is 8.40. The summed E-state index contributed by atoms with van der Waals surface area (Å²) in [4.78, 5) is 0.0755. The molecule has 2 aliphatic heterocycles. The van der Waals surface area contributed by atoms with Crippen molar-refractivity contribution >= 4 is 26.8 Å². The smallest absolute Gasteiger partial charge is 0.297 e. The van der Waals surface area contributed by atoms with Crippen LogP contribution in [0.4, 0.5) is 0 Å². The summed E-state index contributed by atoms with van der Waals surface area (Å²) in [7, 11) is -8.19. The SMILES string of the molecule is Cc1ccc(S(=O)(=O)OC[C@H]2O[C@@]3(C)C[C@@](C)(O[Si](C)(C)C(C)(C)C)[C@H](CCO[Si](C)(C)C(C)(C)C)O[C@@H]3C[C@@H]2O)cc1. The second kappa shape index (κ2) is 12.5. The highest BCUT2D eigenvalue weighted by Crippen LogP contribution is 2.50. The number of aryl methyl sites for hydroxylation is 1. The van der Waals surface area contributed by atoms with Gasteiger partial charge in [-0.2, -0.15) is 8.42 Å². The Morgan fingerprint density at radius 1 is 0.977 bits per heavy atom. The minimum absolute atomic E-state index is 0.0136. The zero-order valence-electron chi connectivity index (χ0n) is 28.9. The summed E-state index contributed by atoms with van der Waals surface area (Å²) in [5.74, 6) is 0. The highest BCUT2D eigenvalue weighted by atomic mass is 32.2. The van der Waals surface area contributed by atoms with E-state index in [-0.39, 0.29) is 33.8 Å². The first-order chi connectivity index (χ1) is 19.3. The molecule has 0 aliphatic carbocycles. The molecule has 0 unspecified atom stereocenters. The predicted molar refractivity (Wildman–Crippen MR) is 176 cm³/mol. The number of fused-ring (bicyclic) bond motifs is 1. The van der Waals surface area contributed by atoms with Gasteiger partial charge < -0.3 is 23.4 Å². The molecular formula is C32H58O8SSi2. The maximum atomic E-state index is 12.9. The molecule has 8 nitrogen and oxygen atoms in total. The quantitative estimate of drug-likeness (QED) is 0.213. The Kier molecular flexibility index (Phi) is 10.7. The van der Waals surface area contributed by atoms with Crippen LogP contribution in [0.5, 0.6) is 0 Å². The van der Waals surface area contributed by atoms with E-state index in [0.29, 0.717) is 25.9 Å². The maximum absolute atomic E-state index is 12.9. The number of aliphatic hydroxyl groups is 1. The van der Waals surface area contributed by atoms with Gasteiger partial charge in [0.15, 0.2) is 16.6 Å². The van der Waals surface area contributed by atoms with Gasteiger partial charge in [0.05, 0.1) is 41.0 Å². The molecule has 1 aromatic rings. The molecule has 2 aliphatic rings. The molecular weight excluding hydrogens is 601 g/mol. The van der Waals surface area contributed by atoms with Crippen LogP contribution in [-0.2, 0) is 32.6 Å². The lowest BCUT2D eigenvalue weighted by atomic mass is 9.74. The minimum atomic E-state index is -4.01. The van der Waals surface area contributed by atoms with E-state index in [2.05, 4.69) is 74.7 Å². The molecule has 0 saturated carbocycles. The third-order valence-electron chi connectivity index (χ3n) is 10.3. The molecule has 1 aromatic carbocycles. The van der Waals surface area contributed by atoms with E-state index in [1.54, 1.807) is 12.1 Å². The lowest BCUT2D eigenvalue weighted by Crippen LogP contribution is -2.68. The van der Waals surface area contributed by atoms with Crippen molar-refractivity contribution in [1.29, 1.82) is 0 Å². The second-order valence-electron chi connectivity index (χ2n) is 16.2. The topological polar surface area (TPSA) is 101 Å². The van der Waals surface area contributed by atoms with E-state index in [1.807, 2.05) is 13.8 Å². The molecule has 11 heteroatoms. The highest BCUT2D eigenvalue weighted by Gasteiger charge is 2.59. The van der Waals surface area contributed by atoms with Gasteiger partial charge in [-0.1, -0.05) is 59.2 Å². The van der Waals surface area contributed by atoms with Crippen LogP contribution in [0.25, 0.3) is 0 Å². The van der Waals surface area contributed by atoms with Gasteiger partial charge in [0, 0.05) is 19.4 Å². The number of rotatable bonds is 10. The lowest BCUT2D eigenvalue weighted by Gasteiger charge is -2.58. The number of hydrogen-bond acceptors (Lipinski definition) is 8. The lowest BCUT2D eigenvalue weighted by molar-refractivity contribution is -0.305. The van der Waals surface area contributed by atoms with Crippen LogP contribution in [0, 0.1) is 6.92 Å². The second-order valence-corrected chi connectivity index (χ2v) is 27.3. The summed E-state index contributed by atoms with van der Waals surface area (Å²) >= 11 is 0. The molecule has 2 heterocycles. The zero-order chi connectivity index (χ0) is 32.9. The molecule has 0 aromatic heterocycles. The molecule has 248 valence electrons.